The average Bonchev–Trinajstić information content (AvgIpc) is 2.75. The summed E-state index contributed by atoms with van der Waals surface area (Å²) in [5, 5.41) is 6.42. The summed E-state index contributed by atoms with van der Waals surface area (Å²) in [7, 11) is 0. The molecule has 16 heavy (non-hydrogen) atoms. The fourth-order valence-corrected chi connectivity index (χ4v) is 1.60. The highest BCUT2D eigenvalue weighted by atomic mass is 32.2. The lowest BCUT2D eigenvalue weighted by Gasteiger charge is -2.05. The second kappa shape index (κ2) is 6.49. The van der Waals surface area contributed by atoms with Crippen LogP contribution in [0.1, 0.15) is 35.8 Å². The van der Waals surface area contributed by atoms with Crippen molar-refractivity contribution in [3.8, 4) is 0 Å². The molecule has 7 heteroatoms. The Kier molecular flexibility index (Phi) is 5.27. The third kappa shape index (κ3) is 3.49. The Morgan fingerprint density at radius 2 is 2.44 bits per heavy atom. The van der Waals surface area contributed by atoms with Gasteiger partial charge in [0.15, 0.2) is 0 Å². The molecule has 6 nitrogen and oxygen atoms in total. The second-order valence-electron chi connectivity index (χ2n) is 3.15. The van der Waals surface area contributed by atoms with Crippen molar-refractivity contribution in [3.05, 3.63) is 11.6 Å². The van der Waals surface area contributed by atoms with E-state index < -0.39 is 5.97 Å². The molecule has 0 spiro atoms. The molecule has 0 bridgehead atoms. The molecule has 0 aliphatic carbocycles. The smallest absolute Gasteiger partial charge is 0.378 e. The summed E-state index contributed by atoms with van der Waals surface area (Å²) in [6.07, 6.45) is 2.80. The van der Waals surface area contributed by atoms with Gasteiger partial charge in [0.25, 0.3) is 5.82 Å². The number of nitrogens with two attached hydrogens (primary N) is 1. The van der Waals surface area contributed by atoms with E-state index in [0.29, 0.717) is 12.4 Å². The third-order valence-corrected chi connectivity index (χ3v) is 2.59. The number of thioether (sulfide) groups is 1. The Labute approximate surface area is 98.3 Å². The fraction of sp³-hybridized carbons (Fsp3) is 0.667. The van der Waals surface area contributed by atoms with Gasteiger partial charge >= 0.3 is 5.97 Å². The lowest BCUT2D eigenvalue weighted by molar-refractivity contribution is 0.0512. The summed E-state index contributed by atoms with van der Waals surface area (Å²) < 4.78 is 4.77. The molecule has 0 aromatic carbocycles. The van der Waals surface area contributed by atoms with E-state index in [1.807, 2.05) is 6.26 Å². The van der Waals surface area contributed by atoms with Crippen LogP contribution in [0.5, 0.6) is 0 Å². The zero-order valence-corrected chi connectivity index (χ0v) is 10.2. The van der Waals surface area contributed by atoms with Gasteiger partial charge in [-0.15, -0.1) is 5.10 Å². The molecule has 0 aliphatic rings. The van der Waals surface area contributed by atoms with Crippen molar-refractivity contribution in [2.45, 2.75) is 19.4 Å². The first-order valence-electron chi connectivity index (χ1n) is 5.03. The first kappa shape index (κ1) is 13.0. The van der Waals surface area contributed by atoms with Crippen LogP contribution in [-0.2, 0) is 4.74 Å². The Morgan fingerprint density at radius 3 is 3.06 bits per heavy atom. The largest absolute Gasteiger partial charge is 0.460 e. The highest BCUT2D eigenvalue weighted by Crippen LogP contribution is 2.11. The van der Waals surface area contributed by atoms with E-state index >= 15 is 0 Å². The van der Waals surface area contributed by atoms with Crippen molar-refractivity contribution in [2.75, 3.05) is 18.6 Å². The highest BCUT2D eigenvalue weighted by molar-refractivity contribution is 7.98. The van der Waals surface area contributed by atoms with Gasteiger partial charge in [0, 0.05) is 0 Å². The minimum absolute atomic E-state index is 0.0384. The molecule has 1 atom stereocenters. The van der Waals surface area contributed by atoms with Crippen LogP contribution in [0.25, 0.3) is 0 Å². The fourth-order valence-electron chi connectivity index (χ4n) is 1.11. The molecule has 0 fully saturated rings. The Hall–Kier alpha value is -1.08. The molecular weight excluding hydrogens is 228 g/mol. The van der Waals surface area contributed by atoms with Crippen molar-refractivity contribution >= 4 is 17.7 Å². The number of H-pyrrole nitrogens is 1. The Morgan fingerprint density at radius 1 is 1.69 bits per heavy atom. The molecule has 90 valence electrons. The standard InChI is InChI=1S/C9H16N4O2S/c1-3-15-9(14)8-11-7(12-13-8)6(10)4-5-16-2/h6H,3-5,10H2,1-2H3,(H,11,12,13). The average molecular weight is 244 g/mol. The number of ether oxygens (including phenoxy) is 1. The second-order valence-corrected chi connectivity index (χ2v) is 4.14. The number of hydrogen-bond donors (Lipinski definition) is 2. The number of nitrogens with zero attached hydrogens (tertiary/aromatic N) is 2. The van der Waals surface area contributed by atoms with Crippen LogP contribution in [0.15, 0.2) is 0 Å². The van der Waals surface area contributed by atoms with E-state index in [1.165, 1.54) is 0 Å². The minimum Gasteiger partial charge on any atom is -0.460 e. The zero-order valence-electron chi connectivity index (χ0n) is 9.40. The SMILES string of the molecule is CCOC(=O)c1n[nH]c(C(N)CCSC)n1. The summed E-state index contributed by atoms with van der Waals surface area (Å²) in [5.74, 6) is 0.979. The van der Waals surface area contributed by atoms with Gasteiger partial charge in [0.05, 0.1) is 12.6 Å². The number of rotatable bonds is 6. The molecule has 1 rings (SSSR count). The number of nitrogens with one attached hydrogen (secondary N) is 1. The zero-order chi connectivity index (χ0) is 12.0. The normalized spacial score (nSPS) is 12.4. The van der Waals surface area contributed by atoms with E-state index in [1.54, 1.807) is 18.7 Å². The van der Waals surface area contributed by atoms with Crippen LogP contribution in [0.2, 0.25) is 0 Å². The first-order valence-corrected chi connectivity index (χ1v) is 6.42. The molecule has 0 radical (unpaired) electrons. The molecule has 0 saturated heterocycles. The van der Waals surface area contributed by atoms with Crippen molar-refractivity contribution in [1.29, 1.82) is 0 Å². The van der Waals surface area contributed by atoms with Crippen LogP contribution in [0.3, 0.4) is 0 Å². The number of carbonyl (C=O) groups is 1. The quantitative estimate of drug-likeness (QED) is 0.717. The van der Waals surface area contributed by atoms with Gasteiger partial charge in [-0.05, 0) is 25.4 Å². The third-order valence-electron chi connectivity index (χ3n) is 1.94. The van der Waals surface area contributed by atoms with E-state index in [9.17, 15) is 4.79 Å². The summed E-state index contributed by atoms with van der Waals surface area (Å²) in [6, 6.07) is -0.219. The van der Waals surface area contributed by atoms with Gasteiger partial charge < -0.3 is 10.5 Å². The molecule has 3 N–H and O–H groups in total. The first-order chi connectivity index (χ1) is 7.69. The van der Waals surface area contributed by atoms with E-state index in [2.05, 4.69) is 15.2 Å². The van der Waals surface area contributed by atoms with Crippen molar-refractivity contribution in [2.24, 2.45) is 5.73 Å². The van der Waals surface area contributed by atoms with Crippen LogP contribution >= 0.6 is 11.8 Å². The molecule has 1 aromatic heterocycles. The molecule has 0 saturated carbocycles. The van der Waals surface area contributed by atoms with Gasteiger partial charge in [-0.3, -0.25) is 5.10 Å². The van der Waals surface area contributed by atoms with Gasteiger partial charge in [-0.2, -0.15) is 11.8 Å². The number of hydrogen-bond acceptors (Lipinski definition) is 6. The van der Waals surface area contributed by atoms with Crippen LogP contribution in [-0.4, -0.2) is 39.8 Å². The van der Waals surface area contributed by atoms with E-state index in [-0.39, 0.29) is 11.9 Å². The van der Waals surface area contributed by atoms with Crippen LogP contribution < -0.4 is 5.73 Å². The van der Waals surface area contributed by atoms with Crippen LogP contribution in [0.4, 0.5) is 0 Å². The number of esters is 1. The molecular formula is C9H16N4O2S. The molecule has 1 unspecified atom stereocenters. The van der Waals surface area contributed by atoms with Crippen molar-refractivity contribution in [1.82, 2.24) is 15.2 Å². The minimum atomic E-state index is -0.526. The van der Waals surface area contributed by atoms with Gasteiger partial charge in [0.1, 0.15) is 5.82 Å². The number of aromatic amines is 1. The lowest BCUT2D eigenvalue weighted by atomic mass is 10.2. The molecule has 0 amide bonds. The highest BCUT2D eigenvalue weighted by Gasteiger charge is 2.16. The van der Waals surface area contributed by atoms with Crippen molar-refractivity contribution < 1.29 is 9.53 Å². The predicted octanol–water partition coefficient (Wildman–Crippen LogP) is 0.734. The Balaban J connectivity index is 2.59. The van der Waals surface area contributed by atoms with Gasteiger partial charge in [-0.1, -0.05) is 0 Å². The van der Waals surface area contributed by atoms with Crippen molar-refractivity contribution in [3.63, 3.8) is 0 Å². The predicted molar refractivity (Wildman–Crippen MR) is 62.3 cm³/mol. The summed E-state index contributed by atoms with van der Waals surface area (Å²) in [4.78, 5) is 15.3. The maximum Gasteiger partial charge on any atom is 0.378 e. The number of aromatic nitrogens is 3. The maximum atomic E-state index is 11.3. The molecule has 1 aromatic rings. The van der Waals surface area contributed by atoms with Gasteiger partial charge in [0.2, 0.25) is 0 Å². The van der Waals surface area contributed by atoms with E-state index in [0.717, 1.165) is 12.2 Å². The Bertz CT molecular complexity index is 342. The topological polar surface area (TPSA) is 93.9 Å². The van der Waals surface area contributed by atoms with Crippen LogP contribution in [0, 0.1) is 0 Å². The molecule has 0 aliphatic heterocycles. The number of carbonyl (C=O) groups excluding carboxylic acids is 1. The summed E-state index contributed by atoms with van der Waals surface area (Å²) >= 11 is 1.71. The summed E-state index contributed by atoms with van der Waals surface area (Å²) in [5.41, 5.74) is 5.87. The van der Waals surface area contributed by atoms with E-state index in [4.69, 9.17) is 10.5 Å². The van der Waals surface area contributed by atoms with Gasteiger partial charge in [-0.25, -0.2) is 9.78 Å². The molecule has 1 heterocycles. The summed E-state index contributed by atoms with van der Waals surface area (Å²) in [6.45, 7) is 2.04. The monoisotopic (exact) mass is 244 g/mol. The lowest BCUT2D eigenvalue weighted by Crippen LogP contribution is -2.13. The maximum absolute atomic E-state index is 11.3.